The molecule has 160 valence electrons. The molecule has 0 radical (unpaired) electrons. The second kappa shape index (κ2) is 8.35. The first-order valence-electron chi connectivity index (χ1n) is 9.71. The Bertz CT molecular complexity index is 978. The molecule has 1 heterocycles. The van der Waals surface area contributed by atoms with E-state index < -0.39 is 34.6 Å². The Kier molecular flexibility index (Phi) is 5.95. The van der Waals surface area contributed by atoms with Gasteiger partial charge in [0.1, 0.15) is 11.4 Å². The quantitative estimate of drug-likeness (QED) is 0.497. The molecule has 4 rings (SSSR count). The second-order valence-electron chi connectivity index (χ2n) is 7.93. The van der Waals surface area contributed by atoms with E-state index in [2.05, 4.69) is 10.6 Å². The standard InChI is InChI=1S/C21H21F3IN3O2/c22-15-6-5-14(19(18(15)24)27-17-7-4-12(25)8-16(17)23)20(29)28-10-21(30,11-28)9-26-13-2-1-3-13/h4-8,13,26-27,30H,1-3,9-11H2. The summed E-state index contributed by atoms with van der Waals surface area (Å²) in [6.07, 6.45) is 3.34. The van der Waals surface area contributed by atoms with Crippen molar-refractivity contribution in [3.05, 3.63) is 56.9 Å². The lowest BCUT2D eigenvalue weighted by Crippen LogP contribution is -2.68. The number of rotatable bonds is 6. The molecule has 3 N–H and O–H groups in total. The van der Waals surface area contributed by atoms with Crippen molar-refractivity contribution in [2.45, 2.75) is 30.9 Å². The van der Waals surface area contributed by atoms with E-state index in [0.717, 1.165) is 25.0 Å². The lowest BCUT2D eigenvalue weighted by molar-refractivity contribution is -0.0808. The van der Waals surface area contributed by atoms with Crippen LogP contribution in [0.15, 0.2) is 30.3 Å². The Morgan fingerprint density at radius 3 is 2.53 bits per heavy atom. The first kappa shape index (κ1) is 21.4. The predicted octanol–water partition coefficient (Wildman–Crippen LogP) is 3.78. The van der Waals surface area contributed by atoms with E-state index in [4.69, 9.17) is 0 Å². The average Bonchev–Trinajstić information content (AvgIpc) is 2.63. The maximum atomic E-state index is 14.5. The number of hydrogen-bond acceptors (Lipinski definition) is 4. The highest BCUT2D eigenvalue weighted by molar-refractivity contribution is 14.1. The van der Waals surface area contributed by atoms with E-state index in [1.165, 1.54) is 23.5 Å². The van der Waals surface area contributed by atoms with Gasteiger partial charge in [-0.1, -0.05) is 6.42 Å². The van der Waals surface area contributed by atoms with Crippen LogP contribution in [0.4, 0.5) is 24.5 Å². The number of β-amino-alcohol motifs (C(OH)–C–C–N with tert-alkyl or cyclic N) is 1. The van der Waals surface area contributed by atoms with Gasteiger partial charge in [-0.25, -0.2) is 13.2 Å². The molecular formula is C21H21F3IN3O2. The van der Waals surface area contributed by atoms with E-state index in [-0.39, 0.29) is 24.3 Å². The van der Waals surface area contributed by atoms with Crippen molar-refractivity contribution in [1.82, 2.24) is 10.2 Å². The van der Waals surface area contributed by atoms with E-state index in [1.807, 2.05) is 22.6 Å². The molecule has 2 fully saturated rings. The summed E-state index contributed by atoms with van der Waals surface area (Å²) < 4.78 is 43.2. The van der Waals surface area contributed by atoms with Gasteiger partial charge in [0.25, 0.3) is 5.91 Å². The first-order valence-corrected chi connectivity index (χ1v) is 10.8. The summed E-state index contributed by atoms with van der Waals surface area (Å²) in [5.74, 6) is -3.62. The predicted molar refractivity (Wildman–Crippen MR) is 115 cm³/mol. The van der Waals surface area contributed by atoms with Crippen LogP contribution in [0.25, 0.3) is 0 Å². The molecule has 0 aromatic heterocycles. The summed E-state index contributed by atoms with van der Waals surface area (Å²) >= 11 is 1.93. The van der Waals surface area contributed by atoms with Crippen LogP contribution in [0.2, 0.25) is 0 Å². The number of carbonyl (C=O) groups excluding carboxylic acids is 1. The van der Waals surface area contributed by atoms with Gasteiger partial charge in [0.15, 0.2) is 11.6 Å². The molecular weight excluding hydrogens is 510 g/mol. The van der Waals surface area contributed by atoms with Crippen LogP contribution in [0.5, 0.6) is 0 Å². The highest BCUT2D eigenvalue weighted by Crippen LogP contribution is 2.32. The van der Waals surface area contributed by atoms with Gasteiger partial charge in [0.2, 0.25) is 0 Å². The smallest absolute Gasteiger partial charge is 0.256 e. The molecule has 0 unspecified atom stereocenters. The zero-order chi connectivity index (χ0) is 21.5. The molecule has 9 heteroatoms. The summed E-state index contributed by atoms with van der Waals surface area (Å²) in [6, 6.07) is 6.68. The summed E-state index contributed by atoms with van der Waals surface area (Å²) in [4.78, 5) is 14.3. The summed E-state index contributed by atoms with van der Waals surface area (Å²) in [6.45, 7) is 0.544. The molecule has 0 bridgehead atoms. The molecule has 1 aliphatic heterocycles. The number of halogens is 4. The van der Waals surface area contributed by atoms with Gasteiger partial charge in [-0.15, -0.1) is 0 Å². The number of hydrogen-bond donors (Lipinski definition) is 3. The normalized spacial score (nSPS) is 18.0. The number of nitrogens with zero attached hydrogens (tertiary/aromatic N) is 1. The Morgan fingerprint density at radius 2 is 1.90 bits per heavy atom. The molecule has 2 aromatic carbocycles. The van der Waals surface area contributed by atoms with Crippen molar-refractivity contribution in [3.8, 4) is 0 Å². The van der Waals surface area contributed by atoms with Crippen LogP contribution >= 0.6 is 22.6 Å². The van der Waals surface area contributed by atoms with E-state index >= 15 is 0 Å². The van der Waals surface area contributed by atoms with Crippen LogP contribution in [0.1, 0.15) is 29.6 Å². The third kappa shape index (κ3) is 4.28. The molecule has 1 amide bonds. The Hall–Kier alpha value is -1.85. The first-order chi connectivity index (χ1) is 14.3. The number of aliphatic hydroxyl groups is 1. The molecule has 1 saturated carbocycles. The fourth-order valence-corrected chi connectivity index (χ4v) is 4.07. The third-order valence-electron chi connectivity index (χ3n) is 5.60. The highest BCUT2D eigenvalue weighted by Gasteiger charge is 2.44. The van der Waals surface area contributed by atoms with Crippen LogP contribution in [0, 0.1) is 21.0 Å². The lowest BCUT2D eigenvalue weighted by Gasteiger charge is -2.47. The van der Waals surface area contributed by atoms with E-state index in [9.17, 15) is 23.1 Å². The van der Waals surface area contributed by atoms with Crippen molar-refractivity contribution in [2.75, 3.05) is 25.0 Å². The number of amides is 1. The molecule has 5 nitrogen and oxygen atoms in total. The Labute approximate surface area is 185 Å². The average molecular weight is 531 g/mol. The minimum Gasteiger partial charge on any atom is -0.385 e. The van der Waals surface area contributed by atoms with Gasteiger partial charge in [-0.3, -0.25) is 4.79 Å². The summed E-state index contributed by atoms with van der Waals surface area (Å²) in [7, 11) is 0. The van der Waals surface area contributed by atoms with Gasteiger partial charge in [0.05, 0.1) is 30.0 Å². The molecule has 2 aliphatic rings. The van der Waals surface area contributed by atoms with Crippen molar-refractivity contribution in [2.24, 2.45) is 0 Å². The molecule has 2 aromatic rings. The maximum absolute atomic E-state index is 14.5. The molecule has 1 saturated heterocycles. The Morgan fingerprint density at radius 1 is 1.17 bits per heavy atom. The second-order valence-corrected chi connectivity index (χ2v) is 9.17. The van der Waals surface area contributed by atoms with Crippen LogP contribution in [-0.2, 0) is 0 Å². The lowest BCUT2D eigenvalue weighted by atomic mass is 9.89. The minimum atomic E-state index is -1.26. The number of likely N-dealkylation sites (tertiary alicyclic amines) is 1. The third-order valence-corrected chi connectivity index (χ3v) is 6.27. The van der Waals surface area contributed by atoms with Gasteiger partial charge in [-0.2, -0.15) is 0 Å². The van der Waals surface area contributed by atoms with E-state index in [0.29, 0.717) is 16.2 Å². The summed E-state index contributed by atoms with van der Waals surface area (Å²) in [5, 5.41) is 16.4. The van der Waals surface area contributed by atoms with Crippen molar-refractivity contribution < 1.29 is 23.1 Å². The maximum Gasteiger partial charge on any atom is 0.256 e. The zero-order valence-electron chi connectivity index (χ0n) is 16.0. The van der Waals surface area contributed by atoms with Crippen LogP contribution in [-0.4, -0.2) is 47.2 Å². The van der Waals surface area contributed by atoms with Gasteiger partial charge in [0, 0.05) is 16.2 Å². The zero-order valence-corrected chi connectivity index (χ0v) is 18.2. The molecule has 30 heavy (non-hydrogen) atoms. The topological polar surface area (TPSA) is 64.6 Å². The molecule has 1 aliphatic carbocycles. The SMILES string of the molecule is O=C(c1ccc(F)c(F)c1Nc1ccc(I)cc1F)N1CC(O)(CNC2CCC2)C1. The van der Waals surface area contributed by atoms with E-state index in [1.54, 1.807) is 6.07 Å². The van der Waals surface area contributed by atoms with Crippen molar-refractivity contribution >= 4 is 39.9 Å². The Balaban J connectivity index is 1.51. The minimum absolute atomic E-state index is 0.0706. The van der Waals surface area contributed by atoms with Crippen molar-refractivity contribution in [1.29, 1.82) is 0 Å². The number of anilines is 2. The monoisotopic (exact) mass is 531 g/mol. The fraction of sp³-hybridized carbons (Fsp3) is 0.381. The van der Waals surface area contributed by atoms with Crippen LogP contribution in [0.3, 0.4) is 0 Å². The van der Waals surface area contributed by atoms with Gasteiger partial charge in [-0.05, 0) is 65.8 Å². The largest absolute Gasteiger partial charge is 0.385 e. The van der Waals surface area contributed by atoms with Crippen molar-refractivity contribution in [3.63, 3.8) is 0 Å². The number of benzene rings is 2. The van der Waals surface area contributed by atoms with Gasteiger partial charge >= 0.3 is 0 Å². The van der Waals surface area contributed by atoms with Crippen LogP contribution < -0.4 is 10.6 Å². The fourth-order valence-electron chi connectivity index (χ4n) is 3.61. The number of nitrogens with one attached hydrogen (secondary N) is 2. The molecule has 0 spiro atoms. The van der Waals surface area contributed by atoms with Gasteiger partial charge < -0.3 is 20.6 Å². The molecule has 0 atom stereocenters. The summed E-state index contributed by atoms with van der Waals surface area (Å²) in [5.41, 5.74) is -1.66. The highest BCUT2D eigenvalue weighted by atomic mass is 127. The number of carbonyl (C=O) groups is 1.